The fourth-order valence-electron chi connectivity index (χ4n) is 3.14. The molecule has 28 heavy (non-hydrogen) atoms. The Morgan fingerprint density at radius 3 is 2.46 bits per heavy atom. The second-order valence-corrected chi connectivity index (χ2v) is 6.66. The molecule has 0 saturated carbocycles. The van der Waals surface area contributed by atoms with Crippen LogP contribution in [-0.2, 0) is 31.7 Å². The first-order valence-electron chi connectivity index (χ1n) is 8.95. The number of carbonyl (C=O) groups is 1. The van der Waals surface area contributed by atoms with Crippen molar-refractivity contribution in [1.29, 1.82) is 0 Å². The van der Waals surface area contributed by atoms with Crippen LogP contribution in [0.15, 0.2) is 40.1 Å². The number of nitrogens with zero attached hydrogens (tertiary/aromatic N) is 3. The molecule has 2 aromatic heterocycles. The van der Waals surface area contributed by atoms with E-state index in [9.17, 15) is 18.8 Å². The Labute approximate surface area is 160 Å². The molecule has 0 aliphatic carbocycles. The molecule has 0 bridgehead atoms. The predicted octanol–water partition coefficient (Wildman–Crippen LogP) is 1.90. The van der Waals surface area contributed by atoms with E-state index in [1.165, 1.54) is 42.9 Å². The minimum Gasteiger partial charge on any atom is -0.325 e. The Morgan fingerprint density at radius 1 is 1.14 bits per heavy atom. The summed E-state index contributed by atoms with van der Waals surface area (Å²) in [5, 5.41) is 3.01. The molecule has 1 N–H and O–H groups in total. The standard InChI is InChI=1S/C20H21FN4O3/c1-4-5-13-11-22-18-16(19(27)25(3)20(28)24(18)2)17(13)23-15(26)10-12-6-8-14(21)9-7-12/h6-9,11H,4-5,10H2,1-3H3,(H,22,23,26). The number of benzene rings is 1. The third-order valence-corrected chi connectivity index (χ3v) is 4.61. The minimum absolute atomic E-state index is 0.0295. The van der Waals surface area contributed by atoms with Gasteiger partial charge in [0.2, 0.25) is 5.91 Å². The van der Waals surface area contributed by atoms with Crippen LogP contribution < -0.4 is 16.6 Å². The zero-order chi connectivity index (χ0) is 20.4. The number of halogens is 1. The number of anilines is 1. The van der Waals surface area contributed by atoms with E-state index in [1.807, 2.05) is 6.92 Å². The van der Waals surface area contributed by atoms with Crippen LogP contribution in [0.3, 0.4) is 0 Å². The predicted molar refractivity (Wildman–Crippen MR) is 105 cm³/mol. The maximum atomic E-state index is 13.1. The third-order valence-electron chi connectivity index (χ3n) is 4.61. The lowest BCUT2D eigenvalue weighted by molar-refractivity contribution is -0.115. The summed E-state index contributed by atoms with van der Waals surface area (Å²) in [6.07, 6.45) is 3.02. The van der Waals surface area contributed by atoms with Crippen LogP contribution in [0.4, 0.5) is 10.1 Å². The number of hydrogen-bond acceptors (Lipinski definition) is 4. The number of pyridine rings is 1. The first-order valence-corrected chi connectivity index (χ1v) is 8.95. The number of carbonyl (C=O) groups excluding carboxylic acids is 1. The molecule has 3 rings (SSSR count). The number of aryl methyl sites for hydroxylation is 2. The van der Waals surface area contributed by atoms with Crippen molar-refractivity contribution in [2.24, 2.45) is 14.1 Å². The molecule has 8 heteroatoms. The Morgan fingerprint density at radius 2 is 1.82 bits per heavy atom. The van der Waals surface area contributed by atoms with E-state index in [1.54, 1.807) is 6.20 Å². The highest BCUT2D eigenvalue weighted by Gasteiger charge is 2.18. The molecule has 146 valence electrons. The van der Waals surface area contributed by atoms with Gasteiger partial charge in [-0.2, -0.15) is 0 Å². The minimum atomic E-state index is -0.513. The van der Waals surface area contributed by atoms with Crippen molar-refractivity contribution >= 4 is 22.6 Å². The molecule has 0 saturated heterocycles. The van der Waals surface area contributed by atoms with Crippen molar-refractivity contribution in [1.82, 2.24) is 14.1 Å². The molecule has 0 aliphatic heterocycles. The number of rotatable bonds is 5. The van der Waals surface area contributed by atoms with Crippen LogP contribution in [-0.4, -0.2) is 20.0 Å². The van der Waals surface area contributed by atoms with Gasteiger partial charge in [-0.15, -0.1) is 0 Å². The van der Waals surface area contributed by atoms with Gasteiger partial charge in [0.05, 0.1) is 12.1 Å². The zero-order valence-electron chi connectivity index (χ0n) is 16.0. The molecule has 0 radical (unpaired) electrons. The number of fused-ring (bicyclic) bond motifs is 1. The molecule has 0 unspecified atom stereocenters. The van der Waals surface area contributed by atoms with Gasteiger partial charge in [-0.3, -0.25) is 18.7 Å². The lowest BCUT2D eigenvalue weighted by atomic mass is 10.1. The quantitative estimate of drug-likeness (QED) is 0.728. The fraction of sp³-hybridized carbons (Fsp3) is 0.300. The number of amides is 1. The van der Waals surface area contributed by atoms with Crippen molar-refractivity contribution in [2.75, 3.05) is 5.32 Å². The second-order valence-electron chi connectivity index (χ2n) is 6.66. The van der Waals surface area contributed by atoms with E-state index in [4.69, 9.17) is 0 Å². The number of hydrogen-bond donors (Lipinski definition) is 1. The van der Waals surface area contributed by atoms with E-state index in [0.29, 0.717) is 17.7 Å². The maximum absolute atomic E-state index is 13.1. The van der Waals surface area contributed by atoms with Crippen molar-refractivity contribution in [2.45, 2.75) is 26.2 Å². The molecule has 1 amide bonds. The topological polar surface area (TPSA) is 86.0 Å². The van der Waals surface area contributed by atoms with Gasteiger partial charge in [0.25, 0.3) is 5.56 Å². The van der Waals surface area contributed by atoms with Gasteiger partial charge in [0.15, 0.2) is 5.65 Å². The third kappa shape index (κ3) is 3.58. The fourth-order valence-corrected chi connectivity index (χ4v) is 3.14. The Hall–Kier alpha value is -3.29. The summed E-state index contributed by atoms with van der Waals surface area (Å²) >= 11 is 0. The number of nitrogens with one attached hydrogen (secondary N) is 1. The molecule has 0 fully saturated rings. The molecule has 7 nitrogen and oxygen atoms in total. The van der Waals surface area contributed by atoms with Crippen LogP contribution in [0.5, 0.6) is 0 Å². The van der Waals surface area contributed by atoms with E-state index in [2.05, 4.69) is 10.3 Å². The highest BCUT2D eigenvalue weighted by molar-refractivity contribution is 6.01. The monoisotopic (exact) mass is 384 g/mol. The van der Waals surface area contributed by atoms with Gasteiger partial charge in [0.1, 0.15) is 11.2 Å². The Bertz CT molecular complexity index is 1160. The van der Waals surface area contributed by atoms with E-state index >= 15 is 0 Å². The molecule has 1 aromatic carbocycles. The second kappa shape index (κ2) is 7.75. The summed E-state index contributed by atoms with van der Waals surface area (Å²) in [5.41, 5.74) is 0.950. The highest BCUT2D eigenvalue weighted by atomic mass is 19.1. The average molecular weight is 384 g/mol. The molecule has 0 spiro atoms. The molecule has 3 aromatic rings. The van der Waals surface area contributed by atoms with E-state index in [0.717, 1.165) is 16.6 Å². The first-order chi connectivity index (χ1) is 13.3. The normalized spacial score (nSPS) is 11.0. The summed E-state index contributed by atoms with van der Waals surface area (Å²) < 4.78 is 15.3. The molecular weight excluding hydrogens is 363 g/mol. The van der Waals surface area contributed by atoms with Crippen LogP contribution in [0.2, 0.25) is 0 Å². The van der Waals surface area contributed by atoms with Crippen LogP contribution in [0, 0.1) is 5.82 Å². The lowest BCUT2D eigenvalue weighted by Crippen LogP contribution is -2.38. The van der Waals surface area contributed by atoms with Crippen LogP contribution in [0.25, 0.3) is 11.0 Å². The van der Waals surface area contributed by atoms with Gasteiger partial charge in [-0.25, -0.2) is 14.2 Å². The van der Waals surface area contributed by atoms with Gasteiger partial charge in [-0.05, 0) is 29.7 Å². The highest BCUT2D eigenvalue weighted by Crippen LogP contribution is 2.24. The van der Waals surface area contributed by atoms with Crippen LogP contribution in [0.1, 0.15) is 24.5 Å². The average Bonchev–Trinajstić information content (AvgIpc) is 2.67. The van der Waals surface area contributed by atoms with Crippen molar-refractivity contribution < 1.29 is 9.18 Å². The molecule has 0 aliphatic rings. The summed E-state index contributed by atoms with van der Waals surface area (Å²) in [5.74, 6) is -0.716. The summed E-state index contributed by atoms with van der Waals surface area (Å²) in [4.78, 5) is 41.8. The first kappa shape index (κ1) is 19.5. The number of aromatic nitrogens is 3. The zero-order valence-corrected chi connectivity index (χ0v) is 16.0. The van der Waals surface area contributed by atoms with Gasteiger partial charge in [-0.1, -0.05) is 25.5 Å². The molecule has 2 heterocycles. The van der Waals surface area contributed by atoms with Crippen molar-refractivity contribution in [3.05, 3.63) is 68.2 Å². The maximum Gasteiger partial charge on any atom is 0.332 e. The van der Waals surface area contributed by atoms with E-state index < -0.39 is 11.2 Å². The summed E-state index contributed by atoms with van der Waals surface area (Å²) in [6.45, 7) is 1.98. The van der Waals surface area contributed by atoms with Crippen molar-refractivity contribution in [3.63, 3.8) is 0 Å². The Kier molecular flexibility index (Phi) is 5.39. The SMILES string of the molecule is CCCc1cnc2c(c1NC(=O)Cc1ccc(F)cc1)c(=O)n(C)c(=O)n2C. The van der Waals surface area contributed by atoms with Crippen molar-refractivity contribution in [3.8, 4) is 0 Å². The summed E-state index contributed by atoms with van der Waals surface area (Å²) in [7, 11) is 2.92. The lowest BCUT2D eigenvalue weighted by Gasteiger charge is -2.15. The van der Waals surface area contributed by atoms with Gasteiger partial charge >= 0.3 is 5.69 Å². The van der Waals surface area contributed by atoms with Crippen LogP contribution >= 0.6 is 0 Å². The molecular formula is C20H21FN4O3. The Balaban J connectivity index is 2.10. The van der Waals surface area contributed by atoms with E-state index in [-0.39, 0.29) is 29.2 Å². The van der Waals surface area contributed by atoms with Gasteiger partial charge in [0, 0.05) is 20.3 Å². The largest absolute Gasteiger partial charge is 0.332 e. The van der Waals surface area contributed by atoms with Gasteiger partial charge < -0.3 is 5.32 Å². The summed E-state index contributed by atoms with van der Waals surface area (Å²) in [6, 6.07) is 5.65. The smallest absolute Gasteiger partial charge is 0.325 e. The molecule has 0 atom stereocenters.